The van der Waals surface area contributed by atoms with Crippen molar-refractivity contribution in [2.75, 3.05) is 13.2 Å². The Bertz CT molecular complexity index is 1730. The molecule has 0 heterocycles. The molecule has 0 bridgehead atoms. The predicted octanol–water partition coefficient (Wildman–Crippen LogP) is 23.7. The molecule has 0 rings (SSSR count). The number of carbonyl (C=O) groups is 3. The maximum Gasteiger partial charge on any atom is 0.306 e. The molecule has 0 fully saturated rings. The van der Waals surface area contributed by atoms with Gasteiger partial charge in [-0.3, -0.25) is 14.4 Å². The number of hydrogen-bond donors (Lipinski definition) is 0. The molecule has 0 aliphatic heterocycles. The SMILES string of the molecule is CC/C=C\C/C=C\C/C=C\C/C=C\C/C=C\C/C=C\C/C=C\C/C=C\C/C=C\CCCC(=O)OCC(COC(=O)CCCCCCC/C=C\C/C=C\CCCC)OC(=O)CCCCCCCCCCCCCCCCCCCCCCC. The summed E-state index contributed by atoms with van der Waals surface area (Å²) >= 11 is 0. The van der Waals surface area contributed by atoms with E-state index in [-0.39, 0.29) is 37.5 Å². The molecule has 0 saturated carbocycles. The smallest absolute Gasteiger partial charge is 0.306 e. The van der Waals surface area contributed by atoms with Gasteiger partial charge in [0.2, 0.25) is 0 Å². The minimum atomic E-state index is -0.812. The molecule has 0 radical (unpaired) electrons. The molecule has 0 aromatic heterocycles. The quantitative estimate of drug-likeness (QED) is 0.0261. The first-order valence-electron chi connectivity index (χ1n) is 34.2. The molecule has 0 aromatic rings. The van der Waals surface area contributed by atoms with E-state index in [4.69, 9.17) is 14.2 Å². The van der Waals surface area contributed by atoms with E-state index in [2.05, 4.69) is 154 Å². The third kappa shape index (κ3) is 66.4. The molecular weight excluding hydrogens is 1010 g/mol. The molecule has 1 atom stereocenters. The van der Waals surface area contributed by atoms with Gasteiger partial charge in [0, 0.05) is 19.3 Å². The van der Waals surface area contributed by atoms with E-state index in [0.717, 1.165) is 128 Å². The molecule has 6 heteroatoms. The molecule has 82 heavy (non-hydrogen) atoms. The Morgan fingerprint density at radius 2 is 0.500 bits per heavy atom. The van der Waals surface area contributed by atoms with Gasteiger partial charge in [0.1, 0.15) is 13.2 Å². The van der Waals surface area contributed by atoms with Crippen molar-refractivity contribution < 1.29 is 28.6 Å². The van der Waals surface area contributed by atoms with E-state index < -0.39 is 6.10 Å². The number of esters is 3. The molecule has 0 spiro atoms. The Morgan fingerprint density at radius 3 is 0.829 bits per heavy atom. The second-order valence-electron chi connectivity index (χ2n) is 22.4. The monoisotopic (exact) mass is 1130 g/mol. The second kappa shape index (κ2) is 69.0. The highest BCUT2D eigenvalue weighted by Gasteiger charge is 2.19. The first kappa shape index (κ1) is 77.5. The Kier molecular flexibility index (Phi) is 65.3. The fourth-order valence-corrected chi connectivity index (χ4v) is 9.29. The summed E-state index contributed by atoms with van der Waals surface area (Å²) in [6.45, 7) is 6.45. The summed E-state index contributed by atoms with van der Waals surface area (Å²) in [5.74, 6) is -0.971. The van der Waals surface area contributed by atoms with E-state index >= 15 is 0 Å². The van der Waals surface area contributed by atoms with Gasteiger partial charge in [0.05, 0.1) is 0 Å². The van der Waals surface area contributed by atoms with Gasteiger partial charge in [-0.15, -0.1) is 0 Å². The molecule has 466 valence electrons. The molecule has 0 aliphatic carbocycles. The lowest BCUT2D eigenvalue weighted by molar-refractivity contribution is -0.167. The largest absolute Gasteiger partial charge is 0.462 e. The molecule has 0 N–H and O–H groups in total. The van der Waals surface area contributed by atoms with Crippen LogP contribution in [0, 0.1) is 0 Å². The fraction of sp³-hybridized carbons (Fsp3) is 0.671. The number of unbranched alkanes of at least 4 members (excludes halogenated alkanes) is 28. The fourth-order valence-electron chi connectivity index (χ4n) is 9.29. The van der Waals surface area contributed by atoms with Crippen molar-refractivity contribution in [1.82, 2.24) is 0 Å². The zero-order chi connectivity index (χ0) is 59.2. The van der Waals surface area contributed by atoms with Gasteiger partial charge < -0.3 is 14.2 Å². The summed E-state index contributed by atoms with van der Waals surface area (Å²) in [5.41, 5.74) is 0. The topological polar surface area (TPSA) is 78.9 Å². The maximum atomic E-state index is 12.9. The van der Waals surface area contributed by atoms with Crippen LogP contribution >= 0.6 is 0 Å². The summed E-state index contributed by atoms with van der Waals surface area (Å²) in [4.78, 5) is 38.4. The highest BCUT2D eigenvalue weighted by atomic mass is 16.6. The molecular formula is C76H126O6. The Labute approximate surface area is 506 Å². The van der Waals surface area contributed by atoms with Crippen LogP contribution in [0.3, 0.4) is 0 Å². The third-order valence-electron chi connectivity index (χ3n) is 14.4. The van der Waals surface area contributed by atoms with Crippen molar-refractivity contribution >= 4 is 17.9 Å². The molecule has 1 unspecified atom stereocenters. The minimum absolute atomic E-state index is 0.104. The number of hydrogen-bond acceptors (Lipinski definition) is 6. The highest BCUT2D eigenvalue weighted by molar-refractivity contribution is 5.71. The van der Waals surface area contributed by atoms with Crippen LogP contribution in [0.2, 0.25) is 0 Å². The normalized spacial score (nSPS) is 13.0. The van der Waals surface area contributed by atoms with Crippen molar-refractivity contribution in [2.24, 2.45) is 0 Å². The van der Waals surface area contributed by atoms with Crippen molar-refractivity contribution in [2.45, 2.75) is 316 Å². The predicted molar refractivity (Wildman–Crippen MR) is 357 cm³/mol. The Morgan fingerprint density at radius 1 is 0.256 bits per heavy atom. The zero-order valence-corrected chi connectivity index (χ0v) is 53.5. The van der Waals surface area contributed by atoms with Gasteiger partial charge in [-0.2, -0.15) is 0 Å². The second-order valence-corrected chi connectivity index (χ2v) is 22.4. The summed E-state index contributed by atoms with van der Waals surface area (Å²) in [6.07, 6.45) is 97.6. The van der Waals surface area contributed by atoms with Gasteiger partial charge >= 0.3 is 17.9 Å². The molecule has 0 aromatic carbocycles. The Hall–Kier alpha value is -4.45. The van der Waals surface area contributed by atoms with Crippen LogP contribution in [-0.4, -0.2) is 37.2 Å². The van der Waals surface area contributed by atoms with Crippen LogP contribution in [0.25, 0.3) is 0 Å². The van der Waals surface area contributed by atoms with E-state index in [0.29, 0.717) is 19.3 Å². The number of allylic oxidation sites excluding steroid dienone is 22. The molecule has 0 saturated heterocycles. The standard InChI is InChI=1S/C76H126O6/c1-4-7-10-13-16-19-22-25-28-30-32-34-35-36-37-38-39-40-41-43-44-46-48-51-54-57-60-63-66-69-75(78)81-72-73(71-80-74(77)68-65-62-59-56-53-50-27-24-21-18-15-12-9-6-3)82-76(79)70-67-64-61-58-55-52-49-47-45-42-33-31-29-26-23-20-17-14-11-8-5-2/h7,10,15-16,18-19,24-25,27-28,32,34,36-37,39-40,43-44,48,51,57,60,73H,4-6,8-9,11-14,17,20-23,26,29-31,33,35,38,41-42,45-47,49-50,52-56,58-59,61-72H2,1-3H3/b10-7-,18-15-,19-16-,27-24-,28-25-,34-32-,37-36-,40-39-,44-43-,51-48-,60-57-. The van der Waals surface area contributed by atoms with Crippen LogP contribution in [0.1, 0.15) is 310 Å². The van der Waals surface area contributed by atoms with E-state index in [9.17, 15) is 14.4 Å². The number of rotatable bonds is 61. The minimum Gasteiger partial charge on any atom is -0.462 e. The Balaban J connectivity index is 4.44. The average molecular weight is 1140 g/mol. The van der Waals surface area contributed by atoms with Crippen LogP contribution in [0.15, 0.2) is 134 Å². The van der Waals surface area contributed by atoms with E-state index in [1.165, 1.54) is 135 Å². The highest BCUT2D eigenvalue weighted by Crippen LogP contribution is 2.17. The van der Waals surface area contributed by atoms with Crippen molar-refractivity contribution in [3.63, 3.8) is 0 Å². The lowest BCUT2D eigenvalue weighted by Gasteiger charge is -2.18. The van der Waals surface area contributed by atoms with Crippen LogP contribution in [-0.2, 0) is 28.6 Å². The van der Waals surface area contributed by atoms with Crippen LogP contribution in [0.4, 0.5) is 0 Å². The maximum absolute atomic E-state index is 12.9. The van der Waals surface area contributed by atoms with E-state index in [1.807, 2.05) is 0 Å². The molecule has 6 nitrogen and oxygen atoms in total. The molecule has 0 aliphatic rings. The third-order valence-corrected chi connectivity index (χ3v) is 14.4. The van der Waals surface area contributed by atoms with Crippen molar-refractivity contribution in [3.05, 3.63) is 134 Å². The van der Waals surface area contributed by atoms with Crippen molar-refractivity contribution in [3.8, 4) is 0 Å². The van der Waals surface area contributed by atoms with Gasteiger partial charge in [0.15, 0.2) is 6.10 Å². The van der Waals surface area contributed by atoms with Gasteiger partial charge in [0.25, 0.3) is 0 Å². The lowest BCUT2D eigenvalue weighted by atomic mass is 10.0. The summed E-state index contributed by atoms with van der Waals surface area (Å²) < 4.78 is 16.9. The summed E-state index contributed by atoms with van der Waals surface area (Å²) in [5, 5.41) is 0. The first-order chi connectivity index (χ1) is 40.5. The number of ether oxygens (including phenoxy) is 3. The first-order valence-corrected chi connectivity index (χ1v) is 34.2. The lowest BCUT2D eigenvalue weighted by Crippen LogP contribution is -2.30. The van der Waals surface area contributed by atoms with Crippen LogP contribution < -0.4 is 0 Å². The van der Waals surface area contributed by atoms with Crippen molar-refractivity contribution in [1.29, 1.82) is 0 Å². The van der Waals surface area contributed by atoms with Gasteiger partial charge in [-0.1, -0.05) is 315 Å². The van der Waals surface area contributed by atoms with Gasteiger partial charge in [-0.25, -0.2) is 0 Å². The van der Waals surface area contributed by atoms with E-state index in [1.54, 1.807) is 0 Å². The zero-order valence-electron chi connectivity index (χ0n) is 53.5. The van der Waals surface area contributed by atoms with Crippen LogP contribution in [0.5, 0.6) is 0 Å². The summed E-state index contributed by atoms with van der Waals surface area (Å²) in [7, 11) is 0. The van der Waals surface area contributed by atoms with Gasteiger partial charge in [-0.05, 0) is 109 Å². The average Bonchev–Trinajstić information content (AvgIpc) is 3.47. The molecule has 0 amide bonds. The number of carbonyl (C=O) groups excluding carboxylic acids is 3. The summed E-state index contributed by atoms with van der Waals surface area (Å²) in [6, 6.07) is 0.